The summed E-state index contributed by atoms with van der Waals surface area (Å²) in [5.74, 6) is -1.04. The van der Waals surface area contributed by atoms with Crippen LogP contribution in [0.15, 0.2) is 41.5 Å². The van der Waals surface area contributed by atoms with E-state index in [1.807, 2.05) is 0 Å². The van der Waals surface area contributed by atoms with E-state index in [-0.39, 0.29) is 16.3 Å². The monoisotopic (exact) mass is 404 g/mol. The van der Waals surface area contributed by atoms with Crippen LogP contribution in [0.2, 0.25) is 5.02 Å². The standard InChI is InChI=1S/C19H17ClN2O6/c1-27-16-8-11(7-12(18(16)28-2)4-6-17(24)25)10-21-22-19(26)13-3-5-15(23)14(20)9-13/h3-10,23H,1-2H3,(H,22,26)(H,24,25). The second-order valence-corrected chi connectivity index (χ2v) is 5.79. The Morgan fingerprint density at radius 3 is 2.54 bits per heavy atom. The molecule has 0 aliphatic carbocycles. The number of hydrogen-bond donors (Lipinski definition) is 3. The molecule has 0 aromatic heterocycles. The van der Waals surface area contributed by atoms with Gasteiger partial charge in [0.05, 0.1) is 25.5 Å². The molecular weight excluding hydrogens is 388 g/mol. The first kappa shape index (κ1) is 20.8. The van der Waals surface area contributed by atoms with Crippen LogP contribution < -0.4 is 14.9 Å². The molecule has 9 heteroatoms. The van der Waals surface area contributed by atoms with Crippen molar-refractivity contribution in [3.63, 3.8) is 0 Å². The number of nitrogens with one attached hydrogen (secondary N) is 1. The minimum Gasteiger partial charge on any atom is -0.506 e. The zero-order valence-electron chi connectivity index (χ0n) is 15.0. The molecule has 0 saturated heterocycles. The van der Waals surface area contributed by atoms with Gasteiger partial charge in [-0.3, -0.25) is 4.79 Å². The lowest BCUT2D eigenvalue weighted by atomic mass is 10.1. The Hall–Kier alpha value is -3.52. The number of rotatable bonds is 7. The van der Waals surface area contributed by atoms with E-state index in [0.717, 1.165) is 6.08 Å². The number of aromatic hydroxyl groups is 1. The Kier molecular flexibility index (Phi) is 7.00. The van der Waals surface area contributed by atoms with Gasteiger partial charge in [-0.15, -0.1) is 0 Å². The molecule has 146 valence electrons. The summed E-state index contributed by atoms with van der Waals surface area (Å²) in [7, 11) is 2.88. The summed E-state index contributed by atoms with van der Waals surface area (Å²) in [6.45, 7) is 0. The summed E-state index contributed by atoms with van der Waals surface area (Å²) < 4.78 is 10.5. The number of aliphatic carboxylic acids is 1. The topological polar surface area (TPSA) is 117 Å². The number of nitrogens with zero attached hydrogens (tertiary/aromatic N) is 1. The molecule has 2 aromatic rings. The summed E-state index contributed by atoms with van der Waals surface area (Å²) in [5.41, 5.74) is 3.55. The SMILES string of the molecule is COc1cc(C=NNC(=O)c2ccc(O)c(Cl)c2)cc(C=CC(=O)O)c1OC. The quantitative estimate of drug-likeness (QED) is 0.371. The Balaban J connectivity index is 2.24. The molecule has 0 heterocycles. The number of phenolic OH excluding ortho intramolecular Hbond substituents is 1. The van der Waals surface area contributed by atoms with Crippen molar-refractivity contribution < 1.29 is 29.3 Å². The molecule has 2 rings (SSSR count). The third-order valence-corrected chi connectivity index (χ3v) is 3.83. The highest BCUT2D eigenvalue weighted by atomic mass is 35.5. The maximum Gasteiger partial charge on any atom is 0.328 e. The van der Waals surface area contributed by atoms with Gasteiger partial charge in [-0.2, -0.15) is 5.10 Å². The molecule has 0 radical (unpaired) electrons. The van der Waals surface area contributed by atoms with Crippen molar-refractivity contribution in [2.24, 2.45) is 5.10 Å². The lowest BCUT2D eigenvalue weighted by molar-refractivity contribution is -0.131. The lowest BCUT2D eigenvalue weighted by Crippen LogP contribution is -2.17. The second-order valence-electron chi connectivity index (χ2n) is 5.38. The van der Waals surface area contributed by atoms with Gasteiger partial charge in [-0.25, -0.2) is 10.2 Å². The minimum absolute atomic E-state index is 0.0476. The number of methoxy groups -OCH3 is 2. The number of amides is 1. The first-order valence-electron chi connectivity index (χ1n) is 7.84. The molecule has 0 unspecified atom stereocenters. The van der Waals surface area contributed by atoms with Crippen molar-refractivity contribution >= 4 is 35.8 Å². The summed E-state index contributed by atoms with van der Waals surface area (Å²) in [5, 5.41) is 22.1. The summed E-state index contributed by atoms with van der Waals surface area (Å²) >= 11 is 5.78. The average Bonchev–Trinajstić information content (AvgIpc) is 2.67. The van der Waals surface area contributed by atoms with Gasteiger partial charge in [0.25, 0.3) is 5.91 Å². The Labute approximate surface area is 165 Å². The predicted molar refractivity (Wildman–Crippen MR) is 104 cm³/mol. The van der Waals surface area contributed by atoms with Crippen molar-refractivity contribution in [2.75, 3.05) is 14.2 Å². The molecule has 0 fully saturated rings. The van der Waals surface area contributed by atoms with Gasteiger partial charge in [-0.05, 0) is 42.0 Å². The molecule has 0 saturated carbocycles. The van der Waals surface area contributed by atoms with Crippen LogP contribution in [-0.4, -0.2) is 42.5 Å². The van der Waals surface area contributed by atoms with Gasteiger partial charge in [0.1, 0.15) is 5.75 Å². The molecule has 8 nitrogen and oxygen atoms in total. The first-order valence-corrected chi connectivity index (χ1v) is 8.22. The van der Waals surface area contributed by atoms with E-state index in [9.17, 15) is 14.7 Å². The maximum absolute atomic E-state index is 12.1. The van der Waals surface area contributed by atoms with Crippen molar-refractivity contribution in [3.8, 4) is 17.2 Å². The van der Waals surface area contributed by atoms with E-state index in [1.54, 1.807) is 12.1 Å². The fourth-order valence-electron chi connectivity index (χ4n) is 2.25. The number of halogens is 1. The number of hydrogen-bond acceptors (Lipinski definition) is 6. The van der Waals surface area contributed by atoms with E-state index in [1.165, 1.54) is 44.7 Å². The van der Waals surface area contributed by atoms with Crippen LogP contribution in [0.1, 0.15) is 21.5 Å². The van der Waals surface area contributed by atoms with E-state index in [4.69, 9.17) is 26.2 Å². The van der Waals surface area contributed by atoms with Crippen LogP contribution in [0.3, 0.4) is 0 Å². The highest BCUT2D eigenvalue weighted by molar-refractivity contribution is 6.32. The smallest absolute Gasteiger partial charge is 0.328 e. The first-order chi connectivity index (χ1) is 13.3. The number of phenols is 1. The number of carboxylic acid groups (broad SMARTS) is 1. The normalized spacial score (nSPS) is 11.0. The van der Waals surface area contributed by atoms with Gasteiger partial charge < -0.3 is 19.7 Å². The Morgan fingerprint density at radius 2 is 1.93 bits per heavy atom. The average molecular weight is 405 g/mol. The molecule has 0 spiro atoms. The zero-order chi connectivity index (χ0) is 20.7. The van der Waals surface area contributed by atoms with Gasteiger partial charge in [0.15, 0.2) is 11.5 Å². The van der Waals surface area contributed by atoms with E-state index >= 15 is 0 Å². The molecule has 0 atom stereocenters. The number of carboxylic acids is 1. The zero-order valence-corrected chi connectivity index (χ0v) is 15.7. The van der Waals surface area contributed by atoms with Gasteiger partial charge in [0, 0.05) is 17.2 Å². The number of carbonyl (C=O) groups is 2. The largest absolute Gasteiger partial charge is 0.506 e. The van der Waals surface area contributed by atoms with Crippen molar-refractivity contribution in [2.45, 2.75) is 0 Å². The summed E-state index contributed by atoms with van der Waals surface area (Å²) in [6.07, 6.45) is 3.69. The number of hydrazone groups is 1. The van der Waals surface area contributed by atoms with Crippen LogP contribution in [-0.2, 0) is 4.79 Å². The second kappa shape index (κ2) is 9.43. The van der Waals surface area contributed by atoms with Crippen LogP contribution >= 0.6 is 11.6 Å². The number of benzene rings is 2. The fraction of sp³-hybridized carbons (Fsp3) is 0.105. The number of carbonyl (C=O) groups excluding carboxylic acids is 1. The minimum atomic E-state index is -1.11. The molecule has 28 heavy (non-hydrogen) atoms. The molecule has 2 aromatic carbocycles. The summed E-state index contributed by atoms with van der Waals surface area (Å²) in [6, 6.07) is 7.25. The van der Waals surface area contributed by atoms with Crippen LogP contribution in [0.25, 0.3) is 6.08 Å². The van der Waals surface area contributed by atoms with Crippen molar-refractivity contribution in [1.82, 2.24) is 5.43 Å². The van der Waals surface area contributed by atoms with Gasteiger partial charge >= 0.3 is 5.97 Å². The molecule has 0 aliphatic rings. The molecule has 0 bridgehead atoms. The van der Waals surface area contributed by atoms with Crippen molar-refractivity contribution in [1.29, 1.82) is 0 Å². The van der Waals surface area contributed by atoms with Crippen molar-refractivity contribution in [3.05, 3.63) is 58.1 Å². The Morgan fingerprint density at radius 1 is 1.18 bits per heavy atom. The highest BCUT2D eigenvalue weighted by Crippen LogP contribution is 2.33. The summed E-state index contributed by atoms with van der Waals surface area (Å²) in [4.78, 5) is 22.9. The van der Waals surface area contributed by atoms with Gasteiger partial charge in [0.2, 0.25) is 0 Å². The fourth-order valence-corrected chi connectivity index (χ4v) is 2.43. The van der Waals surface area contributed by atoms with E-state index in [2.05, 4.69) is 10.5 Å². The maximum atomic E-state index is 12.1. The van der Waals surface area contributed by atoms with E-state index in [0.29, 0.717) is 22.6 Å². The third-order valence-electron chi connectivity index (χ3n) is 3.53. The highest BCUT2D eigenvalue weighted by Gasteiger charge is 2.11. The lowest BCUT2D eigenvalue weighted by Gasteiger charge is -2.11. The van der Waals surface area contributed by atoms with Crippen LogP contribution in [0.5, 0.6) is 17.2 Å². The van der Waals surface area contributed by atoms with Gasteiger partial charge in [-0.1, -0.05) is 11.6 Å². The van der Waals surface area contributed by atoms with Crippen LogP contribution in [0, 0.1) is 0 Å². The molecule has 0 aliphatic heterocycles. The predicted octanol–water partition coefficient (Wildman–Crippen LogP) is 2.92. The van der Waals surface area contributed by atoms with E-state index < -0.39 is 11.9 Å². The molecular formula is C19H17ClN2O6. The van der Waals surface area contributed by atoms with Crippen LogP contribution in [0.4, 0.5) is 0 Å². The molecule has 1 amide bonds. The third kappa shape index (κ3) is 5.24. The molecule has 3 N–H and O–H groups in total. The Bertz CT molecular complexity index is 956. The number of ether oxygens (including phenoxy) is 2.